The minimum atomic E-state index is 0.621. The molecule has 1 aromatic heterocycles. The summed E-state index contributed by atoms with van der Waals surface area (Å²) >= 11 is 5.92. The van der Waals surface area contributed by atoms with Crippen molar-refractivity contribution in [2.75, 3.05) is 6.61 Å². The van der Waals surface area contributed by atoms with Gasteiger partial charge in [0.25, 0.3) is 0 Å². The quantitative estimate of drug-likeness (QED) is 0.577. The van der Waals surface area contributed by atoms with Gasteiger partial charge in [-0.3, -0.25) is 0 Å². The Morgan fingerprint density at radius 1 is 1.22 bits per heavy atom. The van der Waals surface area contributed by atoms with Crippen molar-refractivity contribution in [3.05, 3.63) is 53.6 Å². The van der Waals surface area contributed by atoms with E-state index in [1.54, 1.807) is 0 Å². The van der Waals surface area contributed by atoms with Crippen molar-refractivity contribution in [3.63, 3.8) is 0 Å². The van der Waals surface area contributed by atoms with Crippen molar-refractivity contribution in [2.45, 2.75) is 52.8 Å². The third-order valence-electron chi connectivity index (χ3n) is 4.16. The topological polar surface area (TPSA) is 18.0 Å². The molecule has 0 saturated carbocycles. The van der Waals surface area contributed by atoms with Gasteiger partial charge >= 0.3 is 0 Å². The van der Waals surface area contributed by atoms with Gasteiger partial charge in [0.15, 0.2) is 6.73 Å². The van der Waals surface area contributed by atoms with Crippen LogP contribution in [0.4, 0.5) is 0 Å². The van der Waals surface area contributed by atoms with Gasteiger partial charge in [-0.05, 0) is 30.0 Å². The lowest BCUT2D eigenvalue weighted by molar-refractivity contribution is -0.688. The summed E-state index contributed by atoms with van der Waals surface area (Å²) in [6.45, 7) is 6.81. The second-order valence-electron chi connectivity index (χ2n) is 6.14. The van der Waals surface area contributed by atoms with Gasteiger partial charge in [-0.2, -0.15) is 0 Å². The van der Waals surface area contributed by atoms with E-state index >= 15 is 0 Å². The maximum Gasteiger partial charge on any atom is 0.245 e. The molecule has 2 rings (SSSR count). The first-order chi connectivity index (χ1) is 11.2. The van der Waals surface area contributed by atoms with Crippen LogP contribution < -0.4 is 4.57 Å². The Hall–Kier alpha value is -1.32. The smallest absolute Gasteiger partial charge is 0.245 e. The Bertz CT molecular complexity index is 565. The molecule has 3 nitrogen and oxygen atoms in total. The molecule has 0 radical (unpaired) electrons. The van der Waals surface area contributed by atoms with E-state index in [1.807, 2.05) is 12.1 Å². The molecule has 1 aromatic carbocycles. The zero-order valence-corrected chi connectivity index (χ0v) is 15.0. The summed E-state index contributed by atoms with van der Waals surface area (Å²) < 4.78 is 10.1. The van der Waals surface area contributed by atoms with Crippen LogP contribution >= 0.6 is 11.6 Å². The number of aromatic nitrogens is 2. The number of hydrogen-bond acceptors (Lipinski definition) is 1. The molecule has 2 aromatic rings. The summed E-state index contributed by atoms with van der Waals surface area (Å²) in [6, 6.07) is 7.98. The zero-order chi connectivity index (χ0) is 16.5. The monoisotopic (exact) mass is 335 g/mol. The third-order valence-corrected chi connectivity index (χ3v) is 4.41. The normalized spacial score (nSPS) is 12.5. The minimum Gasteiger partial charge on any atom is -0.341 e. The Balaban J connectivity index is 1.77. The molecule has 0 spiro atoms. The van der Waals surface area contributed by atoms with Crippen LogP contribution in [0.2, 0.25) is 5.02 Å². The zero-order valence-electron chi connectivity index (χ0n) is 14.2. The molecular formula is C19H28ClN2O+. The molecule has 0 aliphatic carbocycles. The van der Waals surface area contributed by atoms with Crippen molar-refractivity contribution >= 4 is 11.6 Å². The van der Waals surface area contributed by atoms with Gasteiger partial charge in [0.2, 0.25) is 6.33 Å². The van der Waals surface area contributed by atoms with E-state index < -0.39 is 0 Å². The number of unbranched alkanes of at least 4 members (excludes halogenated alkanes) is 1. The van der Waals surface area contributed by atoms with Crippen molar-refractivity contribution in [1.29, 1.82) is 0 Å². The highest BCUT2D eigenvalue weighted by molar-refractivity contribution is 6.30. The molecule has 4 heteroatoms. The summed E-state index contributed by atoms with van der Waals surface area (Å²) in [7, 11) is 0. The number of benzene rings is 1. The molecule has 0 bridgehead atoms. The number of ether oxygens (including phenoxy) is 1. The van der Waals surface area contributed by atoms with Crippen LogP contribution in [0, 0.1) is 5.92 Å². The molecule has 0 fully saturated rings. The van der Waals surface area contributed by atoms with E-state index in [1.165, 1.54) is 31.2 Å². The first-order valence-electron chi connectivity index (χ1n) is 8.58. The molecule has 1 atom stereocenters. The molecule has 0 unspecified atom stereocenters. The minimum absolute atomic E-state index is 0.621. The maximum absolute atomic E-state index is 5.92. The van der Waals surface area contributed by atoms with E-state index in [2.05, 4.69) is 53.8 Å². The van der Waals surface area contributed by atoms with Gasteiger partial charge < -0.3 is 4.74 Å². The van der Waals surface area contributed by atoms with Gasteiger partial charge in [-0.15, -0.1) is 0 Å². The molecule has 0 amide bonds. The third kappa shape index (κ3) is 6.36. The largest absolute Gasteiger partial charge is 0.341 e. The van der Waals surface area contributed by atoms with Gasteiger partial charge in [0.05, 0.1) is 6.61 Å². The molecule has 0 aliphatic heterocycles. The Morgan fingerprint density at radius 3 is 2.70 bits per heavy atom. The second kappa shape index (κ2) is 9.74. The average molecular weight is 336 g/mol. The highest BCUT2D eigenvalue weighted by Crippen LogP contribution is 2.13. The molecule has 1 heterocycles. The lowest BCUT2D eigenvalue weighted by atomic mass is 10.0. The van der Waals surface area contributed by atoms with Crippen LogP contribution in [0.5, 0.6) is 0 Å². The number of hydrogen-bond donors (Lipinski definition) is 0. The Labute approximate surface area is 144 Å². The van der Waals surface area contributed by atoms with Gasteiger partial charge in [-0.1, -0.05) is 56.8 Å². The average Bonchev–Trinajstić information content (AvgIpc) is 3.00. The predicted molar refractivity (Wildman–Crippen MR) is 94.4 cm³/mol. The molecular weight excluding hydrogens is 308 g/mol. The van der Waals surface area contributed by atoms with Crippen LogP contribution in [0.1, 0.15) is 45.1 Å². The highest BCUT2D eigenvalue weighted by atomic mass is 35.5. The van der Waals surface area contributed by atoms with Gasteiger partial charge in [-0.25, -0.2) is 9.13 Å². The van der Waals surface area contributed by atoms with E-state index in [-0.39, 0.29) is 0 Å². The number of rotatable bonds is 10. The summed E-state index contributed by atoms with van der Waals surface area (Å²) in [4.78, 5) is 0. The molecule has 23 heavy (non-hydrogen) atoms. The summed E-state index contributed by atoms with van der Waals surface area (Å²) in [6.07, 6.45) is 11.2. The Morgan fingerprint density at radius 2 is 2.00 bits per heavy atom. The highest BCUT2D eigenvalue weighted by Gasteiger charge is 2.08. The van der Waals surface area contributed by atoms with Crippen LogP contribution in [-0.2, 0) is 18.0 Å². The van der Waals surface area contributed by atoms with Crippen molar-refractivity contribution in [2.24, 2.45) is 5.92 Å². The van der Waals surface area contributed by atoms with E-state index in [0.717, 1.165) is 18.2 Å². The number of nitrogens with zero attached hydrogens (tertiary/aromatic N) is 2. The van der Waals surface area contributed by atoms with Gasteiger partial charge in [0, 0.05) is 5.02 Å². The molecule has 0 saturated heterocycles. The second-order valence-corrected chi connectivity index (χ2v) is 6.58. The van der Waals surface area contributed by atoms with Crippen LogP contribution in [0.3, 0.4) is 0 Å². The fourth-order valence-corrected chi connectivity index (χ4v) is 2.76. The van der Waals surface area contributed by atoms with E-state index in [4.69, 9.17) is 16.3 Å². The first kappa shape index (κ1) is 18.0. The predicted octanol–water partition coefficient (Wildman–Crippen LogP) is 4.67. The standard InChI is InChI=1S/C19H28ClN2O/c1-3-5-6-17(4-2)14-23-16-22-12-11-21(15-22)13-18-7-9-19(20)10-8-18/h7-12,15,17H,3-6,13-14,16H2,1-2H3/q+1/t17-/m1/s1. The SMILES string of the molecule is CCCC[C@@H](CC)COCn1cc[n+](Cc2ccc(Cl)cc2)c1. The van der Waals surface area contributed by atoms with Gasteiger partial charge in [0.1, 0.15) is 18.9 Å². The fraction of sp³-hybridized carbons (Fsp3) is 0.526. The van der Waals surface area contributed by atoms with Crippen molar-refractivity contribution < 1.29 is 9.30 Å². The molecule has 0 N–H and O–H groups in total. The van der Waals surface area contributed by atoms with E-state index in [0.29, 0.717) is 12.6 Å². The summed E-state index contributed by atoms with van der Waals surface area (Å²) in [5.41, 5.74) is 1.24. The molecule has 126 valence electrons. The summed E-state index contributed by atoms with van der Waals surface area (Å²) in [5, 5.41) is 0.776. The lowest BCUT2D eigenvalue weighted by Crippen LogP contribution is -2.31. The van der Waals surface area contributed by atoms with Crippen LogP contribution in [0.15, 0.2) is 43.0 Å². The number of halogens is 1. The van der Waals surface area contributed by atoms with Crippen molar-refractivity contribution in [3.8, 4) is 0 Å². The summed E-state index contributed by atoms with van der Waals surface area (Å²) in [5.74, 6) is 0.687. The maximum atomic E-state index is 5.92. The van der Waals surface area contributed by atoms with Crippen LogP contribution in [-0.4, -0.2) is 11.2 Å². The molecule has 0 aliphatic rings. The van der Waals surface area contributed by atoms with Crippen LogP contribution in [0.25, 0.3) is 0 Å². The first-order valence-corrected chi connectivity index (χ1v) is 8.96. The van der Waals surface area contributed by atoms with E-state index in [9.17, 15) is 0 Å². The number of imidazole rings is 1. The Kier molecular flexibility index (Phi) is 7.63. The fourth-order valence-electron chi connectivity index (χ4n) is 2.63. The lowest BCUT2D eigenvalue weighted by Gasteiger charge is -2.13. The van der Waals surface area contributed by atoms with Crippen molar-refractivity contribution in [1.82, 2.24) is 4.57 Å².